The Kier molecular flexibility index (Phi) is 7.74. The van der Waals surface area contributed by atoms with Gasteiger partial charge in [-0.05, 0) is 13.8 Å². The van der Waals surface area contributed by atoms with E-state index in [1.807, 2.05) is 0 Å². The monoisotopic (exact) mass is 563 g/mol. The highest BCUT2D eigenvalue weighted by molar-refractivity contribution is 7.66. The van der Waals surface area contributed by atoms with Crippen LogP contribution in [-0.2, 0) is 31.6 Å². The first kappa shape index (κ1) is 28.0. The number of aromatic nitrogens is 3. The van der Waals surface area contributed by atoms with E-state index in [1.165, 1.54) is 6.92 Å². The second kappa shape index (κ2) is 9.68. The standard InChI is InChI=1S/C14H20N3O15P3/c1-5-6(2)15-12-7(9(5)18)3-17(14(21)16-12)13-11(20)10(19)8(30-13)4-29-34(25,26)32-35(27,28)31-33(22,23)24/h3,8,10-11,13,19-20H,4H2,1-2H3,(H,25,26)(H,27,28)(H,15,16,21)(H2,22,23,24)/t8-,10?,11+,13-/m1/s1. The van der Waals surface area contributed by atoms with Gasteiger partial charge in [-0.3, -0.25) is 13.9 Å². The largest absolute Gasteiger partial charge is 0.490 e. The summed E-state index contributed by atoms with van der Waals surface area (Å²) < 4.78 is 51.4. The minimum absolute atomic E-state index is 0.0309. The van der Waals surface area contributed by atoms with Crippen LogP contribution in [0.3, 0.4) is 0 Å². The van der Waals surface area contributed by atoms with Crippen LogP contribution >= 0.6 is 23.5 Å². The van der Waals surface area contributed by atoms with Crippen molar-refractivity contribution in [2.45, 2.75) is 38.4 Å². The molecule has 7 N–H and O–H groups in total. The van der Waals surface area contributed by atoms with Gasteiger partial charge in [-0.2, -0.15) is 13.6 Å². The number of aryl methyl sites for hydroxylation is 1. The van der Waals surface area contributed by atoms with Gasteiger partial charge in [0.2, 0.25) is 0 Å². The number of nitrogens with one attached hydrogen (secondary N) is 1. The zero-order valence-corrected chi connectivity index (χ0v) is 20.4. The quantitative estimate of drug-likeness (QED) is 0.183. The predicted octanol–water partition coefficient (Wildman–Crippen LogP) is -1.34. The molecular weight excluding hydrogens is 543 g/mol. The van der Waals surface area contributed by atoms with E-state index in [1.54, 1.807) is 6.92 Å². The molecule has 0 aliphatic carbocycles. The number of aliphatic hydroxyl groups is 2. The number of H-pyrrole nitrogens is 1. The summed E-state index contributed by atoms with van der Waals surface area (Å²) in [7, 11) is -16.9. The normalized spacial score (nSPS) is 26.5. The highest BCUT2D eigenvalue weighted by atomic mass is 31.3. The van der Waals surface area contributed by atoms with E-state index in [9.17, 15) is 38.4 Å². The van der Waals surface area contributed by atoms with Crippen molar-refractivity contribution in [2.75, 3.05) is 6.61 Å². The molecule has 6 atom stereocenters. The lowest BCUT2D eigenvalue weighted by Crippen LogP contribution is -2.36. The number of pyridine rings is 1. The first-order chi connectivity index (χ1) is 15.9. The van der Waals surface area contributed by atoms with Gasteiger partial charge in [0.25, 0.3) is 0 Å². The van der Waals surface area contributed by atoms with Gasteiger partial charge in [-0.25, -0.2) is 18.5 Å². The Hall–Kier alpha value is -1.62. The number of aromatic amines is 1. The van der Waals surface area contributed by atoms with Crippen LogP contribution in [-0.4, -0.2) is 69.2 Å². The minimum Gasteiger partial charge on any atom is -0.387 e. The Morgan fingerprint density at radius 1 is 1.06 bits per heavy atom. The fourth-order valence-electron chi connectivity index (χ4n) is 3.12. The van der Waals surface area contributed by atoms with Crippen LogP contribution < -0.4 is 11.1 Å². The minimum atomic E-state index is -5.77. The number of hydrogen-bond donors (Lipinski definition) is 7. The van der Waals surface area contributed by atoms with Gasteiger partial charge in [-0.15, -0.1) is 0 Å². The smallest absolute Gasteiger partial charge is 0.387 e. The molecule has 2 aromatic rings. The van der Waals surface area contributed by atoms with E-state index in [4.69, 9.17) is 19.4 Å². The van der Waals surface area contributed by atoms with Crippen LogP contribution in [0.5, 0.6) is 0 Å². The van der Waals surface area contributed by atoms with Crippen LogP contribution in [0.1, 0.15) is 17.5 Å². The molecule has 3 unspecified atom stereocenters. The summed E-state index contributed by atoms with van der Waals surface area (Å²) in [5.41, 5.74) is -0.662. The Morgan fingerprint density at radius 3 is 2.29 bits per heavy atom. The van der Waals surface area contributed by atoms with Crippen molar-refractivity contribution in [3.63, 3.8) is 0 Å². The molecule has 0 bridgehead atoms. The Balaban J connectivity index is 1.80. The number of ether oxygens (including phenoxy) is 1. The van der Waals surface area contributed by atoms with Crippen molar-refractivity contribution < 1.29 is 61.4 Å². The van der Waals surface area contributed by atoms with E-state index < -0.39 is 65.7 Å². The molecule has 1 saturated heterocycles. The third-order valence-electron chi connectivity index (χ3n) is 4.83. The van der Waals surface area contributed by atoms with Crippen molar-refractivity contribution in [1.29, 1.82) is 0 Å². The summed E-state index contributed by atoms with van der Waals surface area (Å²) in [5, 5.41) is 20.5. The highest BCUT2D eigenvalue weighted by Crippen LogP contribution is 2.66. The van der Waals surface area contributed by atoms with E-state index >= 15 is 0 Å². The van der Waals surface area contributed by atoms with Crippen molar-refractivity contribution in [3.8, 4) is 0 Å². The van der Waals surface area contributed by atoms with E-state index in [0.29, 0.717) is 15.8 Å². The molecule has 35 heavy (non-hydrogen) atoms. The average molecular weight is 563 g/mol. The zero-order chi connectivity index (χ0) is 26.5. The van der Waals surface area contributed by atoms with Gasteiger partial charge in [0.05, 0.1) is 12.0 Å². The van der Waals surface area contributed by atoms with Crippen LogP contribution in [0, 0.1) is 13.8 Å². The fourth-order valence-corrected chi connectivity index (χ4v) is 6.15. The highest BCUT2D eigenvalue weighted by Gasteiger charge is 2.47. The molecule has 0 saturated carbocycles. The van der Waals surface area contributed by atoms with Crippen LogP contribution in [0.4, 0.5) is 0 Å². The molecule has 1 aliphatic rings. The lowest BCUT2D eigenvalue weighted by atomic mass is 10.1. The van der Waals surface area contributed by atoms with Gasteiger partial charge in [0.15, 0.2) is 11.7 Å². The van der Waals surface area contributed by atoms with Crippen molar-refractivity contribution in [3.05, 3.63) is 38.2 Å². The second-order valence-electron chi connectivity index (χ2n) is 7.33. The fraction of sp³-hybridized carbons (Fsp3) is 0.500. The topological polar surface area (TPSA) is 277 Å². The molecule has 0 aromatic carbocycles. The maximum atomic E-state index is 12.5. The lowest BCUT2D eigenvalue weighted by Gasteiger charge is -2.19. The molecule has 1 fully saturated rings. The van der Waals surface area contributed by atoms with E-state index in [0.717, 1.165) is 6.20 Å². The van der Waals surface area contributed by atoms with Crippen molar-refractivity contribution in [2.24, 2.45) is 0 Å². The van der Waals surface area contributed by atoms with Gasteiger partial charge in [0, 0.05) is 17.5 Å². The Morgan fingerprint density at radius 2 is 1.69 bits per heavy atom. The van der Waals surface area contributed by atoms with Gasteiger partial charge in [0.1, 0.15) is 24.0 Å². The molecule has 0 spiro atoms. The van der Waals surface area contributed by atoms with Gasteiger partial charge < -0.3 is 39.5 Å². The molecule has 2 aromatic heterocycles. The second-order valence-corrected chi connectivity index (χ2v) is 11.8. The zero-order valence-electron chi connectivity index (χ0n) is 17.7. The van der Waals surface area contributed by atoms with Crippen molar-refractivity contribution >= 4 is 34.5 Å². The first-order valence-corrected chi connectivity index (χ1v) is 13.9. The third-order valence-corrected chi connectivity index (χ3v) is 8.64. The number of phosphoric ester groups is 1. The molecule has 3 heterocycles. The number of nitrogens with zero attached hydrogens (tertiary/aromatic N) is 2. The molecule has 196 valence electrons. The van der Waals surface area contributed by atoms with Crippen LogP contribution in [0.15, 0.2) is 15.8 Å². The van der Waals surface area contributed by atoms with Crippen molar-refractivity contribution in [1.82, 2.24) is 14.5 Å². The molecule has 1 aliphatic heterocycles. The van der Waals surface area contributed by atoms with E-state index in [2.05, 4.69) is 23.1 Å². The summed E-state index contributed by atoms with van der Waals surface area (Å²) >= 11 is 0. The maximum absolute atomic E-state index is 12.5. The first-order valence-electron chi connectivity index (χ1n) is 9.33. The molecule has 3 rings (SSSR count). The molecule has 18 nitrogen and oxygen atoms in total. The SMILES string of the molecule is Cc1[nH]c2nc(=O)n([C@@H]3O[C@H](COP(=O)(O)OP(=O)(O)OP(=O)(O)O)C(O)[C@@H]3O)cc2c(=O)c1C. The Labute approximate surface area is 194 Å². The maximum Gasteiger partial charge on any atom is 0.490 e. The predicted molar refractivity (Wildman–Crippen MR) is 112 cm³/mol. The van der Waals surface area contributed by atoms with Crippen LogP contribution in [0.25, 0.3) is 11.0 Å². The summed E-state index contributed by atoms with van der Waals surface area (Å²) in [6, 6.07) is 0. The summed E-state index contributed by atoms with van der Waals surface area (Å²) in [6.45, 7) is 2.06. The third kappa shape index (κ3) is 6.39. The average Bonchev–Trinajstić information content (AvgIpc) is 2.96. The number of rotatable bonds is 8. The number of phosphoric acid groups is 3. The lowest BCUT2D eigenvalue weighted by molar-refractivity contribution is -0.0539. The summed E-state index contributed by atoms with van der Waals surface area (Å²) in [4.78, 5) is 67.2. The van der Waals surface area contributed by atoms with E-state index in [-0.39, 0.29) is 11.0 Å². The Bertz CT molecular complexity index is 1400. The van der Waals surface area contributed by atoms with Crippen LogP contribution in [0.2, 0.25) is 0 Å². The number of aliphatic hydroxyl groups excluding tert-OH is 2. The van der Waals surface area contributed by atoms with Gasteiger partial charge >= 0.3 is 29.2 Å². The number of hydrogen-bond acceptors (Lipinski definition) is 12. The summed E-state index contributed by atoms with van der Waals surface area (Å²) in [6.07, 6.45) is -5.88. The molecule has 0 amide bonds. The van der Waals surface area contributed by atoms with Gasteiger partial charge in [-0.1, -0.05) is 0 Å². The molecular formula is C14H20N3O15P3. The summed E-state index contributed by atoms with van der Waals surface area (Å²) in [5.74, 6) is 0. The molecule has 21 heteroatoms. The molecule has 0 radical (unpaired) electrons. The number of fused-ring (bicyclic) bond motifs is 1.